The maximum absolute atomic E-state index is 5.11. The average Bonchev–Trinajstić information content (AvgIpc) is 3.35. The van der Waals surface area contributed by atoms with Gasteiger partial charge >= 0.3 is 0 Å². The molecule has 12 heteroatoms. The minimum atomic E-state index is 0.0938. The Morgan fingerprint density at radius 3 is 0.906 bits per heavy atom. The van der Waals surface area contributed by atoms with Gasteiger partial charge in [0.25, 0.3) is 0 Å². The first-order chi connectivity index (χ1) is 31.7. The molecule has 4 aromatic heterocycles. The Balaban J connectivity index is 0.974. The first-order valence-corrected chi connectivity index (χ1v) is 24.0. The van der Waals surface area contributed by atoms with Crippen LogP contribution in [0.3, 0.4) is 0 Å². The summed E-state index contributed by atoms with van der Waals surface area (Å²) in [5.74, 6) is 0. The molecule has 0 unspecified atom stereocenters. The summed E-state index contributed by atoms with van der Waals surface area (Å²) in [5, 5.41) is 3.81. The maximum atomic E-state index is 5.11. The third kappa shape index (κ3) is 12.3. The lowest BCUT2D eigenvalue weighted by Crippen LogP contribution is -2.41. The van der Waals surface area contributed by atoms with Crippen molar-refractivity contribution in [3.8, 4) is 0 Å². The van der Waals surface area contributed by atoms with Crippen LogP contribution in [0.5, 0.6) is 0 Å². The fourth-order valence-corrected chi connectivity index (χ4v) is 9.79. The molecule has 8 bridgehead atoms. The Labute approximate surface area is 378 Å². The van der Waals surface area contributed by atoms with Crippen LogP contribution in [0.15, 0.2) is 108 Å². The number of nitrogens with one attached hydrogen (secondary N) is 1. The van der Waals surface area contributed by atoms with Crippen LogP contribution in [-0.2, 0) is 6.54 Å². The van der Waals surface area contributed by atoms with Crippen LogP contribution in [0.2, 0.25) is 0 Å². The number of hydrogen-bond donors (Lipinski definition) is 1. The smallest absolute Gasteiger partial charge is 0.0815 e. The molecule has 0 aromatic carbocycles. The quantitative estimate of drug-likeness (QED) is 0.188. The van der Waals surface area contributed by atoms with Gasteiger partial charge in [0.15, 0.2) is 0 Å². The molecular weight excluding hydrogens is 793 g/mol. The molecule has 9 rings (SSSR count). The number of aliphatic imine (C=N–C) groups is 7. The zero-order valence-corrected chi connectivity index (χ0v) is 37.0. The van der Waals surface area contributed by atoms with E-state index in [0.717, 1.165) is 135 Å². The van der Waals surface area contributed by atoms with Gasteiger partial charge in [0.1, 0.15) is 0 Å². The molecule has 4 fully saturated rings. The number of hydrogen-bond acceptors (Lipinski definition) is 12. The summed E-state index contributed by atoms with van der Waals surface area (Å²) in [7, 11) is 0. The van der Waals surface area contributed by atoms with Crippen LogP contribution in [0.25, 0.3) is 0 Å². The molecule has 330 valence electrons. The lowest BCUT2D eigenvalue weighted by atomic mass is 9.90. The number of pyridine rings is 4. The number of fused-ring (bicyclic) bond motifs is 12. The van der Waals surface area contributed by atoms with Crippen molar-refractivity contribution in [3.05, 3.63) is 118 Å². The molecule has 1 aliphatic heterocycles. The van der Waals surface area contributed by atoms with Crippen molar-refractivity contribution in [2.24, 2.45) is 34.9 Å². The standard InChI is InChI=1S/C52H62N12/c1-2-22-46-45(21-1)53-29-37-13-9-15-39(61-37)31-55-47-23-3-4-24-48(47)57-33-41-17-11-19-43(63-41)35-59-51-27-7-8-28-52(51)60-36-44-20-12-18-42(64-44)34-58-50-26-6-5-25-49(50)56-32-40-16-10-14-38(62-40)30-54-46/h9-20,29-35,45-52,60H,1-8,21-28,36H2/t45-,46+,47+,48+,49+,50+,51-,52+/m0/s1. The third-order valence-electron chi connectivity index (χ3n) is 13.3. The maximum Gasteiger partial charge on any atom is 0.0815 e. The normalized spacial score (nSPS) is 28.0. The summed E-state index contributed by atoms with van der Waals surface area (Å²) in [6, 6.07) is 25.5. The summed E-state index contributed by atoms with van der Waals surface area (Å²) < 4.78 is 0. The van der Waals surface area contributed by atoms with Gasteiger partial charge in [-0.3, -0.25) is 39.9 Å². The van der Waals surface area contributed by atoms with Crippen molar-refractivity contribution in [2.45, 2.75) is 158 Å². The van der Waals surface area contributed by atoms with Gasteiger partial charge in [0.2, 0.25) is 0 Å². The van der Waals surface area contributed by atoms with Gasteiger partial charge < -0.3 is 5.32 Å². The van der Waals surface area contributed by atoms with E-state index in [0.29, 0.717) is 6.54 Å². The molecule has 4 aliphatic carbocycles. The van der Waals surface area contributed by atoms with Crippen LogP contribution in [-0.4, -0.2) is 112 Å². The highest BCUT2D eigenvalue weighted by Crippen LogP contribution is 2.27. The summed E-state index contributed by atoms with van der Waals surface area (Å²) in [6.45, 7) is 0.681. The first-order valence-electron chi connectivity index (χ1n) is 24.0. The zero-order chi connectivity index (χ0) is 43.2. The van der Waals surface area contributed by atoms with Crippen molar-refractivity contribution in [2.75, 3.05) is 0 Å². The van der Waals surface area contributed by atoms with Crippen LogP contribution in [0.1, 0.15) is 148 Å². The van der Waals surface area contributed by atoms with E-state index in [2.05, 4.69) is 17.4 Å². The van der Waals surface area contributed by atoms with E-state index < -0.39 is 0 Å². The third-order valence-corrected chi connectivity index (χ3v) is 13.3. The topological polar surface area (TPSA) is 150 Å². The van der Waals surface area contributed by atoms with Gasteiger partial charge in [0, 0.05) is 56.1 Å². The van der Waals surface area contributed by atoms with Crippen LogP contribution < -0.4 is 5.32 Å². The molecule has 0 amide bonds. The highest BCUT2D eigenvalue weighted by molar-refractivity contribution is 5.84. The second-order valence-corrected chi connectivity index (χ2v) is 18.1. The first kappa shape index (κ1) is 43.5. The zero-order valence-electron chi connectivity index (χ0n) is 37.0. The van der Waals surface area contributed by atoms with E-state index in [4.69, 9.17) is 54.9 Å². The number of nitrogens with zero attached hydrogens (tertiary/aromatic N) is 11. The fraction of sp³-hybridized carbons (Fsp3) is 0.481. The van der Waals surface area contributed by atoms with Crippen molar-refractivity contribution >= 4 is 43.5 Å². The van der Waals surface area contributed by atoms with E-state index in [1.54, 1.807) is 0 Å². The summed E-state index contributed by atoms with van der Waals surface area (Å²) in [6.07, 6.45) is 30.9. The Morgan fingerprint density at radius 2 is 0.562 bits per heavy atom. The van der Waals surface area contributed by atoms with Crippen LogP contribution in [0.4, 0.5) is 0 Å². The molecule has 4 saturated carbocycles. The van der Waals surface area contributed by atoms with E-state index >= 15 is 0 Å². The van der Waals surface area contributed by atoms with Crippen LogP contribution in [0, 0.1) is 0 Å². The fourth-order valence-electron chi connectivity index (χ4n) is 9.79. The minimum Gasteiger partial charge on any atom is -0.306 e. The molecule has 0 radical (unpaired) electrons. The Bertz CT molecular complexity index is 2370. The van der Waals surface area contributed by atoms with Gasteiger partial charge in [-0.2, -0.15) is 0 Å². The molecule has 5 aliphatic rings. The van der Waals surface area contributed by atoms with Crippen molar-refractivity contribution in [1.82, 2.24) is 25.3 Å². The number of rotatable bonds is 0. The molecule has 12 nitrogen and oxygen atoms in total. The summed E-state index contributed by atoms with van der Waals surface area (Å²) in [5.41, 5.74) is 6.89. The van der Waals surface area contributed by atoms with Gasteiger partial charge in [-0.1, -0.05) is 75.6 Å². The molecular formula is C52H62N12. The van der Waals surface area contributed by atoms with E-state index in [1.165, 1.54) is 12.8 Å². The lowest BCUT2D eigenvalue weighted by molar-refractivity contribution is 0.328. The van der Waals surface area contributed by atoms with Gasteiger partial charge in [-0.05, 0) is 99.9 Å². The molecule has 1 N–H and O–H groups in total. The van der Waals surface area contributed by atoms with Crippen molar-refractivity contribution < 1.29 is 0 Å². The Morgan fingerprint density at radius 1 is 0.297 bits per heavy atom. The lowest BCUT2D eigenvalue weighted by Gasteiger charge is -2.29. The number of aromatic nitrogens is 4. The van der Waals surface area contributed by atoms with E-state index in [9.17, 15) is 0 Å². The van der Waals surface area contributed by atoms with Crippen molar-refractivity contribution in [1.29, 1.82) is 0 Å². The monoisotopic (exact) mass is 855 g/mol. The van der Waals surface area contributed by atoms with E-state index in [-0.39, 0.29) is 48.3 Å². The SMILES string of the molecule is C1=N[C@H]2CCCC[C@H]2N=Cc2cccc(n2)C=N[C@@H]2CCCC[C@H]2N=Cc2cccc(n2)CN[C@@H]2CCCC[C@@H]2N=Cc2cccc(n2)C=N[C@@H]2CCCC[C@H]2N=Cc2cccc1n2. The van der Waals surface area contributed by atoms with Gasteiger partial charge in [-0.15, -0.1) is 0 Å². The predicted octanol–water partition coefficient (Wildman–Crippen LogP) is 8.65. The summed E-state index contributed by atoms with van der Waals surface area (Å²) >= 11 is 0. The molecule has 8 atom stereocenters. The molecule has 5 heterocycles. The highest BCUT2D eigenvalue weighted by Gasteiger charge is 2.27. The van der Waals surface area contributed by atoms with Crippen molar-refractivity contribution in [3.63, 3.8) is 0 Å². The average molecular weight is 855 g/mol. The van der Waals surface area contributed by atoms with E-state index in [1.807, 2.05) is 104 Å². The molecule has 0 saturated heterocycles. The van der Waals surface area contributed by atoms with Gasteiger partial charge in [0.05, 0.1) is 87.8 Å². The molecule has 64 heavy (non-hydrogen) atoms. The summed E-state index contributed by atoms with van der Waals surface area (Å²) in [4.78, 5) is 55.2. The highest BCUT2D eigenvalue weighted by atomic mass is 15.0. The van der Waals surface area contributed by atoms with Crippen LogP contribution >= 0.6 is 0 Å². The second kappa shape index (κ2) is 22.2. The Hall–Kier alpha value is -5.75. The molecule has 0 spiro atoms. The van der Waals surface area contributed by atoms with Gasteiger partial charge in [-0.25, -0.2) is 15.0 Å². The second-order valence-electron chi connectivity index (χ2n) is 18.1. The minimum absolute atomic E-state index is 0.0938. The molecule has 4 aromatic rings. The Kier molecular flexibility index (Phi) is 15.1. The predicted molar refractivity (Wildman–Crippen MR) is 261 cm³/mol. The largest absolute Gasteiger partial charge is 0.306 e.